The highest BCUT2D eigenvalue weighted by atomic mass is 79.9. The van der Waals surface area contributed by atoms with E-state index in [1.807, 2.05) is 0 Å². The second-order valence-electron chi connectivity index (χ2n) is 7.32. The molecule has 0 aliphatic rings. The summed E-state index contributed by atoms with van der Waals surface area (Å²) >= 11 is 3.01. The lowest BCUT2D eigenvalue weighted by Gasteiger charge is -2.24. The van der Waals surface area contributed by atoms with Gasteiger partial charge in [0.2, 0.25) is 13.3 Å². The molecule has 0 aromatic heterocycles. The van der Waals surface area contributed by atoms with Crippen molar-refractivity contribution in [1.29, 1.82) is 0 Å². The van der Waals surface area contributed by atoms with Crippen LogP contribution in [0.4, 0.5) is 8.78 Å². The molecular weight excluding hydrogens is 471 g/mol. The molecule has 0 radical (unpaired) electrons. The molecule has 0 aliphatic carbocycles. The first-order valence-electron chi connectivity index (χ1n) is 8.38. The molecule has 0 heterocycles. The third-order valence-electron chi connectivity index (χ3n) is 3.96. The molecule has 2 aromatic carbocycles. The number of halogens is 3. The Balaban J connectivity index is 2.33. The van der Waals surface area contributed by atoms with Crippen molar-refractivity contribution in [2.45, 2.75) is 33.0 Å². The van der Waals surface area contributed by atoms with Crippen molar-refractivity contribution in [2.75, 3.05) is 6.79 Å². The molecule has 0 fully saturated rings. The Bertz CT molecular complexity index is 1030. The Morgan fingerprint density at radius 3 is 2.48 bits per heavy atom. The topological polar surface area (TPSA) is 77.2 Å². The number of carbonyl (C=O) groups is 1. The number of hydrogen-bond donors (Lipinski definition) is 1. The quantitative estimate of drug-likeness (QED) is 0.239. The molecule has 0 spiro atoms. The maximum absolute atomic E-state index is 14.9. The molecule has 156 valence electrons. The third kappa shape index (κ3) is 5.20. The Hall–Kier alpha value is -1.85. The first-order valence-corrected chi connectivity index (χ1v) is 10.7. The summed E-state index contributed by atoms with van der Waals surface area (Å²) in [7, 11) is -5.54. The van der Waals surface area contributed by atoms with E-state index in [9.17, 15) is 23.0 Å². The van der Waals surface area contributed by atoms with Gasteiger partial charge in [0.05, 0.1) is 5.41 Å². The van der Waals surface area contributed by atoms with E-state index < -0.39 is 37.0 Å². The summed E-state index contributed by atoms with van der Waals surface area (Å²) in [4.78, 5) is 24.8. The van der Waals surface area contributed by atoms with Gasteiger partial charge in [-0.05, 0) is 49.7 Å². The second kappa shape index (κ2) is 8.49. The summed E-state index contributed by atoms with van der Waals surface area (Å²) < 4.78 is 51.0. The molecule has 0 saturated heterocycles. The maximum Gasteiger partial charge on any atom is 0.404 e. The van der Waals surface area contributed by atoms with Gasteiger partial charge in [0.1, 0.15) is 0 Å². The van der Waals surface area contributed by atoms with Crippen LogP contribution in [0.3, 0.4) is 0 Å². The van der Waals surface area contributed by atoms with Crippen molar-refractivity contribution >= 4 is 40.3 Å². The van der Waals surface area contributed by atoms with Crippen LogP contribution in [0.2, 0.25) is 0 Å². The number of ether oxygens (including phenoxy) is 1. The van der Waals surface area contributed by atoms with E-state index in [1.54, 1.807) is 18.2 Å². The zero-order valence-electron chi connectivity index (χ0n) is 15.9. The van der Waals surface area contributed by atoms with Gasteiger partial charge in [-0.2, -0.15) is 8.78 Å². The van der Waals surface area contributed by atoms with E-state index in [1.165, 1.54) is 26.8 Å². The number of fused-ring (bicyclic) bond motifs is 1. The predicted octanol–water partition coefficient (Wildman–Crippen LogP) is 5.82. The van der Waals surface area contributed by atoms with E-state index in [0.717, 1.165) is 6.07 Å². The van der Waals surface area contributed by atoms with Gasteiger partial charge in [0.25, 0.3) is 0 Å². The molecule has 6 nitrogen and oxygen atoms in total. The highest BCUT2D eigenvalue weighted by Crippen LogP contribution is 2.64. The minimum Gasteiger partial charge on any atom is -0.438 e. The molecule has 1 N–H and O–H groups in total. The summed E-state index contributed by atoms with van der Waals surface area (Å²) in [5.41, 5.74) is -5.32. The lowest BCUT2D eigenvalue weighted by Crippen LogP contribution is -2.25. The summed E-state index contributed by atoms with van der Waals surface area (Å²) in [5.74, 6) is -0.764. The summed E-state index contributed by atoms with van der Waals surface area (Å²) in [6.07, 6.45) is 0. The molecule has 2 aromatic rings. The molecule has 29 heavy (non-hydrogen) atoms. The van der Waals surface area contributed by atoms with Crippen molar-refractivity contribution < 1.29 is 32.3 Å². The number of rotatable bonds is 6. The van der Waals surface area contributed by atoms with Crippen LogP contribution in [0.15, 0.2) is 34.8 Å². The Morgan fingerprint density at radius 2 is 1.90 bits per heavy atom. The SMILES string of the molecule is [C-]#[N+]Cc1ccc2cc(Br)c(C(F)(F)P(=O)(O)OCOC(=O)C(C)(C)C)cc2c1. The standard InChI is InChI=1S/C19H19BrF2NO5P/c1-18(2,3)17(24)27-11-28-29(25,26)19(21,22)15-8-14-7-12(10-23-4)5-6-13(14)9-16(15)20/h5-9H,10-11H2,1-3H3,(H,25,26). The zero-order chi connectivity index (χ0) is 22.0. The largest absolute Gasteiger partial charge is 0.438 e. The highest BCUT2D eigenvalue weighted by Gasteiger charge is 2.54. The average molecular weight is 490 g/mol. The highest BCUT2D eigenvalue weighted by molar-refractivity contribution is 9.10. The monoisotopic (exact) mass is 489 g/mol. The van der Waals surface area contributed by atoms with Crippen LogP contribution in [-0.4, -0.2) is 17.7 Å². The third-order valence-corrected chi connectivity index (χ3v) is 6.02. The smallest absolute Gasteiger partial charge is 0.404 e. The fourth-order valence-electron chi connectivity index (χ4n) is 2.34. The molecule has 1 unspecified atom stereocenters. The van der Waals surface area contributed by atoms with Crippen LogP contribution >= 0.6 is 23.5 Å². The Labute approximate surface area is 175 Å². The van der Waals surface area contributed by atoms with Crippen molar-refractivity contribution in [2.24, 2.45) is 5.41 Å². The summed E-state index contributed by atoms with van der Waals surface area (Å²) in [6, 6.07) is 7.39. The van der Waals surface area contributed by atoms with Crippen LogP contribution in [0, 0.1) is 12.0 Å². The van der Waals surface area contributed by atoms with Crippen molar-refractivity contribution in [3.8, 4) is 0 Å². The predicted molar refractivity (Wildman–Crippen MR) is 107 cm³/mol. The second-order valence-corrected chi connectivity index (χ2v) is 10.0. The van der Waals surface area contributed by atoms with E-state index in [4.69, 9.17) is 6.57 Å². The van der Waals surface area contributed by atoms with Crippen molar-refractivity contribution in [3.05, 3.63) is 57.3 Å². The molecule has 0 aliphatic heterocycles. The molecule has 0 amide bonds. The number of alkyl halides is 2. The lowest BCUT2D eigenvalue weighted by atomic mass is 9.98. The van der Waals surface area contributed by atoms with Gasteiger partial charge in [-0.25, -0.2) is 6.57 Å². The normalized spacial score (nSPS) is 14.3. The van der Waals surface area contributed by atoms with Gasteiger partial charge in [-0.1, -0.05) is 28.1 Å². The fraction of sp³-hybridized carbons (Fsp3) is 0.368. The van der Waals surface area contributed by atoms with E-state index >= 15 is 0 Å². The number of esters is 1. The minimum absolute atomic E-state index is 0.0818. The maximum atomic E-state index is 14.9. The lowest BCUT2D eigenvalue weighted by molar-refractivity contribution is -0.160. The molecule has 2 rings (SSSR count). The van der Waals surface area contributed by atoms with Gasteiger partial charge in [-0.15, -0.1) is 0 Å². The number of nitrogens with zero attached hydrogens (tertiary/aromatic N) is 1. The molecule has 0 saturated carbocycles. The number of benzene rings is 2. The first-order chi connectivity index (χ1) is 13.3. The van der Waals surface area contributed by atoms with E-state index in [-0.39, 0.29) is 11.0 Å². The fourth-order valence-corrected chi connectivity index (χ4v) is 3.95. The molecular formula is C19H19BrF2NO5P. The van der Waals surface area contributed by atoms with Crippen molar-refractivity contribution in [1.82, 2.24) is 0 Å². The average Bonchev–Trinajstić information content (AvgIpc) is 2.60. The summed E-state index contributed by atoms with van der Waals surface area (Å²) in [6.45, 7) is 10.5. The van der Waals surface area contributed by atoms with Gasteiger partial charge in [0, 0.05) is 15.6 Å². The van der Waals surface area contributed by atoms with Crippen LogP contribution in [0.5, 0.6) is 0 Å². The Kier molecular flexibility index (Phi) is 6.86. The molecule has 10 heteroatoms. The van der Waals surface area contributed by atoms with Crippen LogP contribution in [-0.2, 0) is 30.8 Å². The van der Waals surface area contributed by atoms with Crippen LogP contribution in [0.1, 0.15) is 31.9 Å². The van der Waals surface area contributed by atoms with Gasteiger partial charge in [-0.3, -0.25) is 13.9 Å². The van der Waals surface area contributed by atoms with Crippen molar-refractivity contribution in [3.63, 3.8) is 0 Å². The number of carbonyl (C=O) groups excluding carboxylic acids is 1. The van der Waals surface area contributed by atoms with Gasteiger partial charge in [0.15, 0.2) is 0 Å². The summed E-state index contributed by atoms with van der Waals surface area (Å²) in [5, 5.41) is 0.987. The number of hydrogen-bond acceptors (Lipinski definition) is 4. The minimum atomic E-state index is -5.54. The van der Waals surface area contributed by atoms with Gasteiger partial charge < -0.3 is 14.5 Å². The molecule has 1 atom stereocenters. The van der Waals surface area contributed by atoms with Crippen LogP contribution in [0.25, 0.3) is 15.6 Å². The van der Waals surface area contributed by atoms with E-state index in [2.05, 4.69) is 30.0 Å². The zero-order valence-corrected chi connectivity index (χ0v) is 18.4. The van der Waals surface area contributed by atoms with Gasteiger partial charge >= 0.3 is 19.2 Å². The Morgan fingerprint density at radius 1 is 1.24 bits per heavy atom. The van der Waals surface area contributed by atoms with Crippen LogP contribution < -0.4 is 0 Å². The first kappa shape index (κ1) is 23.4. The molecule has 0 bridgehead atoms. The van der Waals surface area contributed by atoms with E-state index in [0.29, 0.717) is 16.3 Å².